The number of carbonyl (C=O) groups excluding carboxylic acids is 1. The molecule has 1 saturated heterocycles. The number of carbonyl (C=O) groups is 1. The second-order valence-corrected chi connectivity index (χ2v) is 6.81. The number of amides is 1. The molecule has 4 nitrogen and oxygen atoms in total. The van der Waals surface area contributed by atoms with Gasteiger partial charge in [-0.05, 0) is 32.8 Å². The van der Waals surface area contributed by atoms with Gasteiger partial charge in [-0.25, -0.2) is 0 Å². The van der Waals surface area contributed by atoms with E-state index in [4.69, 9.17) is 0 Å². The summed E-state index contributed by atoms with van der Waals surface area (Å²) in [5.74, 6) is 0.125. The van der Waals surface area contributed by atoms with Crippen LogP contribution in [0.5, 0.6) is 0 Å². The van der Waals surface area contributed by atoms with Crippen molar-refractivity contribution in [3.63, 3.8) is 0 Å². The van der Waals surface area contributed by atoms with E-state index in [9.17, 15) is 9.90 Å². The third kappa shape index (κ3) is 4.55. The number of hydrogen-bond donors (Lipinski definition) is 1. The van der Waals surface area contributed by atoms with Gasteiger partial charge in [0.2, 0.25) is 5.91 Å². The van der Waals surface area contributed by atoms with E-state index in [1.165, 1.54) is 0 Å². The Balaban J connectivity index is 2.04. The maximum absolute atomic E-state index is 12.7. The predicted molar refractivity (Wildman–Crippen MR) is 83.8 cm³/mol. The first-order valence-corrected chi connectivity index (χ1v) is 7.61. The first-order valence-electron chi connectivity index (χ1n) is 7.61. The molecule has 1 aliphatic heterocycles. The minimum Gasteiger partial charge on any atom is -0.392 e. The Kier molecular flexibility index (Phi) is 5.01. The van der Waals surface area contributed by atoms with Crippen LogP contribution in [-0.4, -0.2) is 52.1 Å². The Labute approximate surface area is 127 Å². The van der Waals surface area contributed by atoms with Crippen LogP contribution < -0.4 is 0 Å². The highest BCUT2D eigenvalue weighted by molar-refractivity contribution is 5.79. The van der Waals surface area contributed by atoms with Crippen LogP contribution >= 0.6 is 0 Å². The summed E-state index contributed by atoms with van der Waals surface area (Å²) < 4.78 is 0. The lowest BCUT2D eigenvalue weighted by atomic mass is 10.0. The molecule has 1 amide bonds. The quantitative estimate of drug-likeness (QED) is 0.921. The predicted octanol–water partition coefficient (Wildman–Crippen LogP) is 1.88. The van der Waals surface area contributed by atoms with E-state index in [-0.39, 0.29) is 17.6 Å². The van der Waals surface area contributed by atoms with Crippen molar-refractivity contribution in [2.75, 3.05) is 19.6 Å². The summed E-state index contributed by atoms with van der Waals surface area (Å²) in [5, 5.41) is 9.58. The standard InChI is InChI=1S/C17H26N2O2/c1-17(2,3)19(11-14-7-5-4-6-8-14)16(21)13-18-10-9-15(20)12-18/h4-8,15,20H,9-13H2,1-3H3/t15-/m0/s1. The molecule has 0 aliphatic carbocycles. The molecule has 116 valence electrons. The molecule has 0 spiro atoms. The van der Waals surface area contributed by atoms with Gasteiger partial charge in [0.05, 0.1) is 12.6 Å². The van der Waals surface area contributed by atoms with Gasteiger partial charge < -0.3 is 10.0 Å². The topological polar surface area (TPSA) is 43.8 Å². The van der Waals surface area contributed by atoms with Crippen molar-refractivity contribution in [1.29, 1.82) is 0 Å². The molecule has 0 saturated carbocycles. The monoisotopic (exact) mass is 290 g/mol. The van der Waals surface area contributed by atoms with Crippen LogP contribution in [0.3, 0.4) is 0 Å². The highest BCUT2D eigenvalue weighted by Gasteiger charge is 2.29. The molecule has 1 N–H and O–H groups in total. The Morgan fingerprint density at radius 1 is 1.33 bits per heavy atom. The first-order chi connectivity index (χ1) is 9.86. The Morgan fingerprint density at radius 3 is 2.52 bits per heavy atom. The molecule has 2 rings (SSSR count). The second-order valence-electron chi connectivity index (χ2n) is 6.81. The highest BCUT2D eigenvalue weighted by atomic mass is 16.3. The van der Waals surface area contributed by atoms with Crippen LogP contribution in [-0.2, 0) is 11.3 Å². The minimum atomic E-state index is -0.282. The van der Waals surface area contributed by atoms with Gasteiger partial charge in [-0.2, -0.15) is 0 Å². The van der Waals surface area contributed by atoms with Crippen LogP contribution in [0.25, 0.3) is 0 Å². The lowest BCUT2D eigenvalue weighted by Crippen LogP contribution is -2.49. The van der Waals surface area contributed by atoms with Crippen LogP contribution in [0.4, 0.5) is 0 Å². The molecule has 0 radical (unpaired) electrons. The van der Waals surface area contributed by atoms with Gasteiger partial charge >= 0.3 is 0 Å². The van der Waals surface area contributed by atoms with Crippen molar-refractivity contribution in [3.8, 4) is 0 Å². The lowest BCUT2D eigenvalue weighted by molar-refractivity contribution is -0.137. The van der Waals surface area contributed by atoms with Gasteiger partial charge in [0.1, 0.15) is 0 Å². The Hall–Kier alpha value is -1.39. The third-order valence-corrected chi connectivity index (χ3v) is 3.90. The largest absolute Gasteiger partial charge is 0.392 e. The molecule has 0 unspecified atom stereocenters. The van der Waals surface area contributed by atoms with Crippen molar-refractivity contribution >= 4 is 5.91 Å². The van der Waals surface area contributed by atoms with Crippen molar-refractivity contribution in [3.05, 3.63) is 35.9 Å². The van der Waals surface area contributed by atoms with Gasteiger partial charge in [-0.3, -0.25) is 9.69 Å². The summed E-state index contributed by atoms with van der Waals surface area (Å²) in [6.07, 6.45) is 0.483. The number of aliphatic hydroxyl groups excluding tert-OH is 1. The number of aliphatic hydroxyl groups is 1. The highest BCUT2D eigenvalue weighted by Crippen LogP contribution is 2.19. The molecule has 0 bridgehead atoms. The molecule has 1 aromatic rings. The minimum absolute atomic E-state index is 0.125. The zero-order valence-electron chi connectivity index (χ0n) is 13.2. The van der Waals surface area contributed by atoms with E-state index >= 15 is 0 Å². The van der Waals surface area contributed by atoms with Gasteiger partial charge in [0.25, 0.3) is 0 Å². The van der Waals surface area contributed by atoms with Gasteiger partial charge in [-0.15, -0.1) is 0 Å². The van der Waals surface area contributed by atoms with Crippen LogP contribution in [0, 0.1) is 0 Å². The maximum Gasteiger partial charge on any atom is 0.237 e. The number of benzene rings is 1. The summed E-state index contributed by atoms with van der Waals surface area (Å²) in [5.41, 5.74) is 0.924. The normalized spacial score (nSPS) is 19.7. The average Bonchev–Trinajstić information content (AvgIpc) is 2.81. The fourth-order valence-corrected chi connectivity index (χ4v) is 2.70. The van der Waals surface area contributed by atoms with E-state index < -0.39 is 0 Å². The third-order valence-electron chi connectivity index (χ3n) is 3.90. The van der Waals surface area contributed by atoms with E-state index in [1.807, 2.05) is 40.1 Å². The summed E-state index contributed by atoms with van der Waals surface area (Å²) in [6.45, 7) is 8.61. The summed E-state index contributed by atoms with van der Waals surface area (Å²) in [6, 6.07) is 10.1. The fraction of sp³-hybridized carbons (Fsp3) is 0.588. The molecule has 1 heterocycles. The molecule has 1 aromatic carbocycles. The van der Waals surface area contributed by atoms with Crippen molar-refractivity contribution in [2.24, 2.45) is 0 Å². The van der Waals surface area contributed by atoms with Crippen molar-refractivity contribution in [1.82, 2.24) is 9.80 Å². The molecule has 1 atom stereocenters. The molecule has 21 heavy (non-hydrogen) atoms. The molecule has 4 heteroatoms. The summed E-state index contributed by atoms with van der Waals surface area (Å²) in [7, 11) is 0. The lowest BCUT2D eigenvalue weighted by Gasteiger charge is -2.37. The van der Waals surface area contributed by atoms with E-state index in [0.717, 1.165) is 18.5 Å². The van der Waals surface area contributed by atoms with Gasteiger partial charge in [0.15, 0.2) is 0 Å². The van der Waals surface area contributed by atoms with Crippen molar-refractivity contribution in [2.45, 2.75) is 45.4 Å². The SMILES string of the molecule is CC(C)(C)N(Cc1ccccc1)C(=O)CN1CC[C@H](O)C1. The summed E-state index contributed by atoms with van der Waals surface area (Å²) >= 11 is 0. The zero-order valence-corrected chi connectivity index (χ0v) is 13.2. The van der Waals surface area contributed by atoms with Crippen molar-refractivity contribution < 1.29 is 9.90 Å². The van der Waals surface area contributed by atoms with E-state index in [2.05, 4.69) is 20.8 Å². The van der Waals surface area contributed by atoms with E-state index in [0.29, 0.717) is 19.6 Å². The zero-order chi connectivity index (χ0) is 15.5. The Morgan fingerprint density at radius 2 is 2.00 bits per heavy atom. The van der Waals surface area contributed by atoms with Gasteiger partial charge in [0, 0.05) is 25.2 Å². The first kappa shape index (κ1) is 16.0. The molecular formula is C17H26N2O2. The van der Waals surface area contributed by atoms with Crippen LogP contribution in [0.2, 0.25) is 0 Å². The number of β-amino-alcohol motifs (C(OH)–C–C–N with tert-alkyl or cyclic N) is 1. The number of likely N-dealkylation sites (tertiary alicyclic amines) is 1. The molecular weight excluding hydrogens is 264 g/mol. The fourth-order valence-electron chi connectivity index (χ4n) is 2.70. The molecule has 1 fully saturated rings. The number of nitrogens with zero attached hydrogens (tertiary/aromatic N) is 2. The Bertz CT molecular complexity index is 467. The number of hydrogen-bond acceptors (Lipinski definition) is 3. The molecule has 1 aliphatic rings. The van der Waals surface area contributed by atoms with Gasteiger partial charge in [-0.1, -0.05) is 30.3 Å². The maximum atomic E-state index is 12.7. The van der Waals surface area contributed by atoms with Crippen LogP contribution in [0.1, 0.15) is 32.8 Å². The summed E-state index contributed by atoms with van der Waals surface area (Å²) in [4.78, 5) is 16.6. The average molecular weight is 290 g/mol. The second kappa shape index (κ2) is 6.58. The molecule has 0 aromatic heterocycles. The van der Waals surface area contributed by atoms with Crippen LogP contribution in [0.15, 0.2) is 30.3 Å². The smallest absolute Gasteiger partial charge is 0.237 e. The van der Waals surface area contributed by atoms with E-state index in [1.54, 1.807) is 0 Å². The number of rotatable bonds is 4.